The SMILES string of the molecule is Cc1ccc(CNCc2ccc(Br)o2)s1. The molecule has 0 amide bonds. The van der Waals surface area contributed by atoms with Crippen molar-refractivity contribution < 1.29 is 4.42 Å². The summed E-state index contributed by atoms with van der Waals surface area (Å²) in [4.78, 5) is 2.71. The van der Waals surface area contributed by atoms with Crippen LogP contribution in [0.1, 0.15) is 15.5 Å². The second kappa shape index (κ2) is 4.96. The molecule has 0 aliphatic rings. The summed E-state index contributed by atoms with van der Waals surface area (Å²) in [7, 11) is 0. The molecular weight excluding hydrogens is 274 g/mol. The van der Waals surface area contributed by atoms with Crippen molar-refractivity contribution in [2.24, 2.45) is 0 Å². The van der Waals surface area contributed by atoms with Crippen molar-refractivity contribution >= 4 is 27.3 Å². The Labute approximate surface area is 101 Å². The lowest BCUT2D eigenvalue weighted by Crippen LogP contribution is -2.10. The second-order valence-corrected chi connectivity index (χ2v) is 5.48. The lowest BCUT2D eigenvalue weighted by molar-refractivity contribution is 0.466. The Hall–Kier alpha value is -0.580. The maximum Gasteiger partial charge on any atom is 0.169 e. The lowest BCUT2D eigenvalue weighted by Gasteiger charge is -1.99. The minimum absolute atomic E-state index is 0.766. The zero-order valence-electron chi connectivity index (χ0n) is 8.42. The minimum atomic E-state index is 0.766. The summed E-state index contributed by atoms with van der Waals surface area (Å²) in [5.41, 5.74) is 0. The van der Waals surface area contributed by atoms with Gasteiger partial charge in [0.25, 0.3) is 0 Å². The summed E-state index contributed by atoms with van der Waals surface area (Å²) in [5.74, 6) is 0.954. The van der Waals surface area contributed by atoms with E-state index in [1.165, 1.54) is 9.75 Å². The fraction of sp³-hybridized carbons (Fsp3) is 0.273. The standard InChI is InChI=1S/C11H12BrNOS/c1-8-2-4-10(15-8)7-13-6-9-3-5-11(12)14-9/h2-5,13H,6-7H2,1H3. The molecule has 0 fully saturated rings. The number of halogens is 1. The molecule has 2 nitrogen and oxygen atoms in total. The summed E-state index contributed by atoms with van der Waals surface area (Å²) in [6.07, 6.45) is 0. The Bertz CT molecular complexity index is 395. The predicted molar refractivity (Wildman–Crippen MR) is 66.0 cm³/mol. The topological polar surface area (TPSA) is 25.2 Å². The minimum Gasteiger partial charge on any atom is -0.453 e. The Morgan fingerprint density at radius 2 is 2.13 bits per heavy atom. The molecule has 0 aliphatic heterocycles. The molecule has 2 rings (SSSR count). The maximum absolute atomic E-state index is 5.38. The van der Waals surface area contributed by atoms with Crippen molar-refractivity contribution in [2.45, 2.75) is 20.0 Å². The Balaban J connectivity index is 1.80. The fourth-order valence-electron chi connectivity index (χ4n) is 1.34. The van der Waals surface area contributed by atoms with Gasteiger partial charge < -0.3 is 9.73 Å². The Morgan fingerprint density at radius 1 is 1.27 bits per heavy atom. The highest BCUT2D eigenvalue weighted by Crippen LogP contribution is 2.16. The van der Waals surface area contributed by atoms with Crippen LogP contribution in [0.4, 0.5) is 0 Å². The molecule has 80 valence electrons. The van der Waals surface area contributed by atoms with E-state index < -0.39 is 0 Å². The van der Waals surface area contributed by atoms with Crippen LogP contribution in [0.25, 0.3) is 0 Å². The second-order valence-electron chi connectivity index (χ2n) is 3.32. The van der Waals surface area contributed by atoms with E-state index >= 15 is 0 Å². The number of hydrogen-bond acceptors (Lipinski definition) is 3. The van der Waals surface area contributed by atoms with Crippen LogP contribution < -0.4 is 5.32 Å². The van der Waals surface area contributed by atoms with Gasteiger partial charge in [0.15, 0.2) is 4.67 Å². The van der Waals surface area contributed by atoms with Crippen LogP contribution in [0.3, 0.4) is 0 Å². The zero-order valence-corrected chi connectivity index (χ0v) is 10.8. The first-order chi connectivity index (χ1) is 7.24. The molecule has 4 heteroatoms. The molecule has 2 heterocycles. The van der Waals surface area contributed by atoms with Crippen molar-refractivity contribution in [3.8, 4) is 0 Å². The van der Waals surface area contributed by atoms with Crippen LogP contribution in [-0.2, 0) is 13.1 Å². The number of hydrogen-bond donors (Lipinski definition) is 1. The van der Waals surface area contributed by atoms with E-state index in [1.807, 2.05) is 23.5 Å². The smallest absolute Gasteiger partial charge is 0.169 e. The summed E-state index contributed by atoms with van der Waals surface area (Å²) < 4.78 is 6.17. The third-order valence-electron chi connectivity index (χ3n) is 2.02. The third kappa shape index (κ3) is 3.19. The molecule has 0 unspecified atom stereocenters. The van der Waals surface area contributed by atoms with Crippen LogP contribution >= 0.6 is 27.3 Å². The molecule has 0 aliphatic carbocycles. The maximum atomic E-state index is 5.38. The lowest BCUT2D eigenvalue weighted by atomic mass is 10.4. The molecule has 0 saturated carbocycles. The molecule has 0 saturated heterocycles. The van der Waals surface area contributed by atoms with Crippen molar-refractivity contribution in [1.82, 2.24) is 5.32 Å². The number of rotatable bonds is 4. The monoisotopic (exact) mass is 285 g/mol. The van der Waals surface area contributed by atoms with Crippen LogP contribution in [0.15, 0.2) is 33.4 Å². The molecule has 0 aromatic carbocycles. The zero-order chi connectivity index (χ0) is 10.7. The predicted octanol–water partition coefficient (Wildman–Crippen LogP) is 3.70. The Morgan fingerprint density at radius 3 is 2.73 bits per heavy atom. The number of thiophene rings is 1. The van der Waals surface area contributed by atoms with Gasteiger partial charge in [-0.25, -0.2) is 0 Å². The summed E-state index contributed by atoms with van der Waals surface area (Å²) in [6.45, 7) is 3.79. The molecule has 0 radical (unpaired) electrons. The number of nitrogens with one attached hydrogen (secondary N) is 1. The largest absolute Gasteiger partial charge is 0.453 e. The summed E-state index contributed by atoms with van der Waals surface area (Å²) in [5, 5.41) is 3.34. The van der Waals surface area contributed by atoms with Gasteiger partial charge in [-0.05, 0) is 47.1 Å². The van der Waals surface area contributed by atoms with E-state index in [0.717, 1.165) is 23.5 Å². The molecule has 0 bridgehead atoms. The number of furan rings is 1. The quantitative estimate of drug-likeness (QED) is 0.927. The molecule has 2 aromatic rings. The van der Waals surface area contributed by atoms with Crippen LogP contribution in [0, 0.1) is 6.92 Å². The molecule has 0 spiro atoms. The van der Waals surface area contributed by atoms with E-state index in [-0.39, 0.29) is 0 Å². The van der Waals surface area contributed by atoms with Crippen LogP contribution in [0.5, 0.6) is 0 Å². The average Bonchev–Trinajstić information content (AvgIpc) is 2.76. The van der Waals surface area contributed by atoms with Crippen molar-refractivity contribution in [3.05, 3.63) is 44.4 Å². The van der Waals surface area contributed by atoms with E-state index in [9.17, 15) is 0 Å². The van der Waals surface area contributed by atoms with Crippen molar-refractivity contribution in [1.29, 1.82) is 0 Å². The van der Waals surface area contributed by atoms with Crippen molar-refractivity contribution in [2.75, 3.05) is 0 Å². The number of aryl methyl sites for hydroxylation is 1. The van der Waals surface area contributed by atoms with Gasteiger partial charge in [0.2, 0.25) is 0 Å². The normalized spacial score (nSPS) is 10.8. The highest BCUT2D eigenvalue weighted by Gasteiger charge is 2.00. The van der Waals surface area contributed by atoms with Gasteiger partial charge in [-0.3, -0.25) is 0 Å². The first kappa shape index (κ1) is 10.9. The molecule has 15 heavy (non-hydrogen) atoms. The highest BCUT2D eigenvalue weighted by atomic mass is 79.9. The van der Waals surface area contributed by atoms with E-state index in [4.69, 9.17) is 4.42 Å². The van der Waals surface area contributed by atoms with Gasteiger partial charge in [0, 0.05) is 16.3 Å². The van der Waals surface area contributed by atoms with Gasteiger partial charge in [0.05, 0.1) is 6.54 Å². The van der Waals surface area contributed by atoms with E-state index in [1.54, 1.807) is 0 Å². The van der Waals surface area contributed by atoms with Gasteiger partial charge in [-0.1, -0.05) is 0 Å². The van der Waals surface area contributed by atoms with Crippen LogP contribution in [-0.4, -0.2) is 0 Å². The van der Waals surface area contributed by atoms with Gasteiger partial charge in [-0.15, -0.1) is 11.3 Å². The fourth-order valence-corrected chi connectivity index (χ4v) is 2.54. The van der Waals surface area contributed by atoms with Crippen LogP contribution in [0.2, 0.25) is 0 Å². The third-order valence-corrected chi connectivity index (χ3v) is 3.45. The average molecular weight is 286 g/mol. The van der Waals surface area contributed by atoms with Gasteiger partial charge in [0.1, 0.15) is 5.76 Å². The first-order valence-corrected chi connectivity index (χ1v) is 6.35. The summed E-state index contributed by atoms with van der Waals surface area (Å²) >= 11 is 5.11. The molecular formula is C11H12BrNOS. The van der Waals surface area contributed by atoms with Gasteiger partial charge in [-0.2, -0.15) is 0 Å². The molecule has 0 atom stereocenters. The van der Waals surface area contributed by atoms with E-state index in [0.29, 0.717) is 0 Å². The highest BCUT2D eigenvalue weighted by molar-refractivity contribution is 9.10. The van der Waals surface area contributed by atoms with Crippen molar-refractivity contribution in [3.63, 3.8) is 0 Å². The molecule has 1 N–H and O–H groups in total. The first-order valence-electron chi connectivity index (χ1n) is 4.74. The van der Waals surface area contributed by atoms with Gasteiger partial charge >= 0.3 is 0 Å². The molecule has 2 aromatic heterocycles. The Kier molecular flexibility index (Phi) is 3.61. The van der Waals surface area contributed by atoms with E-state index in [2.05, 4.69) is 40.3 Å². The summed E-state index contributed by atoms with van der Waals surface area (Å²) in [6, 6.07) is 8.18.